The zero-order valence-corrected chi connectivity index (χ0v) is 12.6. The number of para-hydroxylation sites is 1. The Hall–Kier alpha value is -1.61. The van der Waals surface area contributed by atoms with Crippen LogP contribution in [0.5, 0.6) is 5.75 Å². The SMILES string of the molecule is OCCCCCCCCCc1ccc2cccc(O)c2n1. The fraction of sp³-hybridized carbons (Fsp3) is 0.500. The fourth-order valence-electron chi connectivity index (χ4n) is 2.61. The Morgan fingerprint density at radius 2 is 1.52 bits per heavy atom. The molecule has 0 unspecified atom stereocenters. The van der Waals surface area contributed by atoms with Crippen LogP contribution in [0.3, 0.4) is 0 Å². The Morgan fingerprint density at radius 3 is 2.29 bits per heavy atom. The topological polar surface area (TPSA) is 53.4 Å². The van der Waals surface area contributed by atoms with E-state index in [1.165, 1.54) is 25.7 Å². The van der Waals surface area contributed by atoms with Gasteiger partial charge in [-0.15, -0.1) is 0 Å². The number of aromatic hydroxyl groups is 1. The Morgan fingerprint density at radius 1 is 0.810 bits per heavy atom. The average Bonchev–Trinajstić information content (AvgIpc) is 2.51. The summed E-state index contributed by atoms with van der Waals surface area (Å²) in [4.78, 5) is 4.56. The molecule has 2 rings (SSSR count). The zero-order valence-electron chi connectivity index (χ0n) is 12.6. The molecule has 0 aliphatic carbocycles. The monoisotopic (exact) mass is 287 g/mol. The van der Waals surface area contributed by atoms with Crippen molar-refractivity contribution < 1.29 is 10.2 Å². The predicted octanol–water partition coefficient (Wildman–Crippen LogP) is 4.21. The molecular formula is C18H25NO2. The number of aryl methyl sites for hydroxylation is 1. The molecule has 1 aromatic heterocycles. The highest BCUT2D eigenvalue weighted by Gasteiger charge is 2.02. The van der Waals surface area contributed by atoms with Crippen LogP contribution in [0.2, 0.25) is 0 Å². The molecule has 2 N–H and O–H groups in total. The molecule has 0 amide bonds. The number of benzene rings is 1. The third-order valence-corrected chi connectivity index (χ3v) is 3.85. The van der Waals surface area contributed by atoms with Gasteiger partial charge in [0.25, 0.3) is 0 Å². The Kier molecular flexibility index (Phi) is 6.48. The maximum atomic E-state index is 9.83. The highest BCUT2D eigenvalue weighted by molar-refractivity contribution is 5.84. The first-order valence-electron chi connectivity index (χ1n) is 8.00. The van der Waals surface area contributed by atoms with E-state index in [9.17, 15) is 5.11 Å². The maximum Gasteiger partial charge on any atom is 0.141 e. The van der Waals surface area contributed by atoms with Crippen molar-refractivity contribution in [3.63, 3.8) is 0 Å². The molecule has 2 aromatic rings. The average molecular weight is 287 g/mol. The van der Waals surface area contributed by atoms with Crippen LogP contribution in [-0.2, 0) is 6.42 Å². The lowest BCUT2D eigenvalue weighted by molar-refractivity contribution is 0.282. The van der Waals surface area contributed by atoms with Crippen LogP contribution in [0.1, 0.15) is 50.6 Å². The number of phenols is 1. The first-order valence-corrected chi connectivity index (χ1v) is 8.00. The molecule has 0 fully saturated rings. The molecule has 1 heterocycles. The van der Waals surface area contributed by atoms with Gasteiger partial charge in [-0.1, -0.05) is 50.3 Å². The number of hydrogen-bond acceptors (Lipinski definition) is 3. The van der Waals surface area contributed by atoms with Crippen molar-refractivity contribution in [3.05, 3.63) is 36.0 Å². The summed E-state index contributed by atoms with van der Waals surface area (Å²) in [5.41, 5.74) is 1.77. The van der Waals surface area contributed by atoms with Gasteiger partial charge < -0.3 is 10.2 Å². The van der Waals surface area contributed by atoms with Crippen molar-refractivity contribution in [2.24, 2.45) is 0 Å². The first kappa shape index (κ1) is 15.8. The van der Waals surface area contributed by atoms with Crippen LogP contribution in [0.4, 0.5) is 0 Å². The molecule has 3 heteroatoms. The highest BCUT2D eigenvalue weighted by atomic mass is 16.3. The summed E-state index contributed by atoms with van der Waals surface area (Å²) in [6.07, 6.45) is 9.15. The number of pyridine rings is 1. The number of hydrogen-bond donors (Lipinski definition) is 2. The number of phenolic OH excluding ortho intramolecular Hbond substituents is 1. The van der Waals surface area contributed by atoms with Gasteiger partial charge in [0, 0.05) is 17.7 Å². The normalized spacial score (nSPS) is 11.1. The zero-order chi connectivity index (χ0) is 14.9. The van der Waals surface area contributed by atoms with E-state index >= 15 is 0 Å². The molecule has 0 aliphatic rings. The summed E-state index contributed by atoms with van der Waals surface area (Å²) in [6, 6.07) is 9.59. The smallest absolute Gasteiger partial charge is 0.141 e. The fourth-order valence-corrected chi connectivity index (χ4v) is 2.61. The van der Waals surface area contributed by atoms with E-state index < -0.39 is 0 Å². The van der Waals surface area contributed by atoms with Gasteiger partial charge in [0.05, 0.1) is 0 Å². The maximum absolute atomic E-state index is 9.83. The summed E-state index contributed by atoms with van der Waals surface area (Å²) in [7, 11) is 0. The quantitative estimate of drug-likeness (QED) is 0.679. The summed E-state index contributed by atoms with van der Waals surface area (Å²) in [6.45, 7) is 0.320. The number of aliphatic hydroxyl groups is 1. The molecule has 114 valence electrons. The van der Waals surface area contributed by atoms with E-state index in [4.69, 9.17) is 5.11 Å². The van der Waals surface area contributed by atoms with Gasteiger partial charge in [-0.3, -0.25) is 0 Å². The van der Waals surface area contributed by atoms with Crippen molar-refractivity contribution in [2.75, 3.05) is 6.61 Å². The van der Waals surface area contributed by atoms with Crippen molar-refractivity contribution >= 4 is 10.9 Å². The molecule has 1 aromatic carbocycles. The standard InChI is InChI=1S/C18H25NO2/c20-14-7-5-3-1-2-4-6-10-16-13-12-15-9-8-11-17(21)18(15)19-16/h8-9,11-13,20-21H,1-7,10,14H2. The Bertz CT molecular complexity index is 554. The second-order valence-corrected chi connectivity index (χ2v) is 5.60. The molecule has 3 nitrogen and oxygen atoms in total. The van der Waals surface area contributed by atoms with Gasteiger partial charge in [-0.2, -0.15) is 0 Å². The molecule has 0 saturated heterocycles. The van der Waals surface area contributed by atoms with Crippen molar-refractivity contribution in [3.8, 4) is 5.75 Å². The number of fused-ring (bicyclic) bond motifs is 1. The van der Waals surface area contributed by atoms with Gasteiger partial charge in [0.1, 0.15) is 11.3 Å². The second-order valence-electron chi connectivity index (χ2n) is 5.60. The van der Waals surface area contributed by atoms with Crippen LogP contribution in [0, 0.1) is 0 Å². The van der Waals surface area contributed by atoms with E-state index in [1.807, 2.05) is 18.2 Å². The van der Waals surface area contributed by atoms with Crippen molar-refractivity contribution in [1.82, 2.24) is 4.98 Å². The number of aliphatic hydroxyl groups excluding tert-OH is 1. The lowest BCUT2D eigenvalue weighted by atomic mass is 10.1. The molecule has 0 atom stereocenters. The predicted molar refractivity (Wildman–Crippen MR) is 86.5 cm³/mol. The molecule has 0 bridgehead atoms. The molecule has 0 saturated carbocycles. The van der Waals surface area contributed by atoms with E-state index in [1.54, 1.807) is 6.07 Å². The second kappa shape index (κ2) is 8.63. The van der Waals surface area contributed by atoms with Gasteiger partial charge in [0.15, 0.2) is 0 Å². The van der Waals surface area contributed by atoms with E-state index in [0.29, 0.717) is 12.1 Å². The van der Waals surface area contributed by atoms with Crippen LogP contribution in [0.15, 0.2) is 30.3 Å². The van der Waals surface area contributed by atoms with Crippen LogP contribution < -0.4 is 0 Å². The third kappa shape index (κ3) is 5.01. The molecule has 0 spiro atoms. The first-order chi connectivity index (χ1) is 10.3. The molecular weight excluding hydrogens is 262 g/mol. The summed E-state index contributed by atoms with van der Waals surface area (Å²) < 4.78 is 0. The van der Waals surface area contributed by atoms with Crippen molar-refractivity contribution in [1.29, 1.82) is 0 Å². The van der Waals surface area contributed by atoms with Crippen LogP contribution in [-0.4, -0.2) is 21.8 Å². The Balaban J connectivity index is 1.72. The Labute approximate surface area is 126 Å². The molecule has 0 aliphatic heterocycles. The number of aromatic nitrogens is 1. The summed E-state index contributed by atoms with van der Waals surface area (Å²) in [5.74, 6) is 0.262. The van der Waals surface area contributed by atoms with E-state index in [-0.39, 0.29) is 5.75 Å². The van der Waals surface area contributed by atoms with Gasteiger partial charge in [0.2, 0.25) is 0 Å². The number of nitrogens with zero attached hydrogens (tertiary/aromatic N) is 1. The van der Waals surface area contributed by atoms with Crippen LogP contribution >= 0.6 is 0 Å². The van der Waals surface area contributed by atoms with Gasteiger partial charge in [-0.05, 0) is 31.4 Å². The van der Waals surface area contributed by atoms with Crippen LogP contribution in [0.25, 0.3) is 10.9 Å². The minimum atomic E-state index is 0.262. The van der Waals surface area contributed by atoms with Gasteiger partial charge in [-0.25, -0.2) is 4.98 Å². The van der Waals surface area contributed by atoms with Gasteiger partial charge >= 0.3 is 0 Å². The van der Waals surface area contributed by atoms with E-state index in [2.05, 4.69) is 11.1 Å². The lowest BCUT2D eigenvalue weighted by Crippen LogP contribution is -1.92. The third-order valence-electron chi connectivity index (χ3n) is 3.85. The molecule has 21 heavy (non-hydrogen) atoms. The number of rotatable bonds is 9. The highest BCUT2D eigenvalue weighted by Crippen LogP contribution is 2.22. The minimum Gasteiger partial charge on any atom is -0.506 e. The largest absolute Gasteiger partial charge is 0.506 e. The van der Waals surface area contributed by atoms with Crippen molar-refractivity contribution in [2.45, 2.75) is 51.4 Å². The summed E-state index contributed by atoms with van der Waals surface area (Å²) in [5, 5.41) is 19.5. The minimum absolute atomic E-state index is 0.262. The lowest BCUT2D eigenvalue weighted by Gasteiger charge is -2.05. The molecule has 0 radical (unpaired) electrons. The summed E-state index contributed by atoms with van der Waals surface area (Å²) >= 11 is 0. The number of unbranched alkanes of at least 4 members (excludes halogenated alkanes) is 6. The van der Waals surface area contributed by atoms with E-state index in [0.717, 1.165) is 36.8 Å².